The van der Waals surface area contributed by atoms with Crippen LogP contribution in [0.25, 0.3) is 10.9 Å². The van der Waals surface area contributed by atoms with Gasteiger partial charge in [0.15, 0.2) is 11.6 Å². The van der Waals surface area contributed by atoms with Gasteiger partial charge in [0.05, 0.1) is 11.6 Å². The lowest BCUT2D eigenvalue weighted by atomic mass is 10.1. The summed E-state index contributed by atoms with van der Waals surface area (Å²) < 4.78 is 19.5. The number of hydrogen-bond donors (Lipinski definition) is 1. The lowest BCUT2D eigenvalue weighted by Gasteiger charge is -2.10. The average molecular weight is 283 g/mol. The Morgan fingerprint density at radius 3 is 2.76 bits per heavy atom. The fourth-order valence-corrected chi connectivity index (χ4v) is 2.10. The number of aliphatic hydroxyl groups is 1. The Hall–Kier alpha value is -2.46. The molecule has 0 spiro atoms. The van der Waals surface area contributed by atoms with E-state index in [1.165, 1.54) is 12.1 Å². The van der Waals surface area contributed by atoms with Crippen LogP contribution in [0.2, 0.25) is 0 Å². The Morgan fingerprint density at radius 2 is 2.00 bits per heavy atom. The zero-order chi connectivity index (χ0) is 14.8. The first-order valence-electron chi connectivity index (χ1n) is 6.63. The van der Waals surface area contributed by atoms with Gasteiger partial charge in [0.25, 0.3) is 0 Å². The summed E-state index contributed by atoms with van der Waals surface area (Å²) in [6.45, 7) is 1.59. The number of hydrogen-bond acceptors (Lipinski definition) is 3. The number of fused-ring (bicyclic) bond motifs is 1. The van der Waals surface area contributed by atoms with Crippen molar-refractivity contribution in [3.8, 4) is 11.5 Å². The van der Waals surface area contributed by atoms with Gasteiger partial charge in [0.2, 0.25) is 0 Å². The number of nitrogens with zero attached hydrogens (tertiary/aromatic N) is 1. The van der Waals surface area contributed by atoms with Gasteiger partial charge in [-0.2, -0.15) is 0 Å². The van der Waals surface area contributed by atoms with Crippen LogP contribution in [-0.2, 0) is 0 Å². The maximum Gasteiger partial charge on any atom is 0.166 e. The summed E-state index contributed by atoms with van der Waals surface area (Å²) in [5, 5.41) is 10.4. The van der Waals surface area contributed by atoms with Crippen molar-refractivity contribution in [1.82, 2.24) is 4.98 Å². The van der Waals surface area contributed by atoms with Crippen LogP contribution in [0.1, 0.15) is 18.6 Å². The molecular weight excluding hydrogens is 269 g/mol. The summed E-state index contributed by atoms with van der Waals surface area (Å²) in [5.41, 5.74) is 1.30. The predicted molar refractivity (Wildman–Crippen MR) is 78.9 cm³/mol. The van der Waals surface area contributed by atoms with Crippen molar-refractivity contribution in [3.05, 3.63) is 66.1 Å². The van der Waals surface area contributed by atoms with Crippen molar-refractivity contribution < 1.29 is 14.2 Å². The zero-order valence-electron chi connectivity index (χ0n) is 11.5. The topological polar surface area (TPSA) is 42.4 Å². The number of aliphatic hydroxyl groups excluding tert-OH is 1. The minimum atomic E-state index is -0.710. The van der Waals surface area contributed by atoms with Gasteiger partial charge in [0.1, 0.15) is 5.75 Å². The van der Waals surface area contributed by atoms with Crippen LogP contribution >= 0.6 is 0 Å². The van der Waals surface area contributed by atoms with Crippen LogP contribution in [0.3, 0.4) is 0 Å². The second kappa shape index (κ2) is 5.50. The molecule has 3 nitrogen and oxygen atoms in total. The fourth-order valence-electron chi connectivity index (χ4n) is 2.10. The van der Waals surface area contributed by atoms with Gasteiger partial charge < -0.3 is 9.84 Å². The highest BCUT2D eigenvalue weighted by atomic mass is 19.1. The van der Waals surface area contributed by atoms with Crippen molar-refractivity contribution in [2.24, 2.45) is 0 Å². The molecule has 0 aliphatic rings. The third-order valence-corrected chi connectivity index (χ3v) is 3.24. The zero-order valence-corrected chi connectivity index (χ0v) is 11.5. The maximum absolute atomic E-state index is 14.0. The first kappa shape index (κ1) is 13.5. The van der Waals surface area contributed by atoms with E-state index in [9.17, 15) is 9.50 Å². The molecule has 2 aromatic carbocycles. The lowest BCUT2D eigenvalue weighted by molar-refractivity contribution is 0.198. The lowest BCUT2D eigenvalue weighted by Crippen LogP contribution is -1.94. The third kappa shape index (κ3) is 2.85. The number of aromatic nitrogens is 1. The Kier molecular flexibility index (Phi) is 3.54. The summed E-state index contributed by atoms with van der Waals surface area (Å²) in [5.74, 6) is 0.133. The highest BCUT2D eigenvalue weighted by Gasteiger charge is 2.09. The molecule has 0 bridgehead atoms. The summed E-state index contributed by atoms with van der Waals surface area (Å²) >= 11 is 0. The molecule has 0 saturated heterocycles. The first-order chi connectivity index (χ1) is 10.1. The highest BCUT2D eigenvalue weighted by molar-refractivity contribution is 5.79. The average Bonchev–Trinajstić information content (AvgIpc) is 2.49. The van der Waals surface area contributed by atoms with E-state index in [1.807, 2.05) is 18.2 Å². The van der Waals surface area contributed by atoms with Crippen LogP contribution in [0.5, 0.6) is 11.5 Å². The van der Waals surface area contributed by atoms with E-state index >= 15 is 0 Å². The molecule has 0 aliphatic carbocycles. The summed E-state index contributed by atoms with van der Waals surface area (Å²) in [6.07, 6.45) is 0.989. The minimum absolute atomic E-state index is 0.120. The van der Waals surface area contributed by atoms with Crippen LogP contribution in [0.4, 0.5) is 4.39 Å². The molecule has 0 aliphatic heterocycles. The van der Waals surface area contributed by atoms with Gasteiger partial charge in [0, 0.05) is 17.6 Å². The van der Waals surface area contributed by atoms with E-state index in [0.29, 0.717) is 11.3 Å². The molecule has 1 unspecified atom stereocenters. The molecule has 3 aromatic rings. The summed E-state index contributed by atoms with van der Waals surface area (Å²) in [7, 11) is 0. The monoisotopic (exact) mass is 283 g/mol. The molecule has 21 heavy (non-hydrogen) atoms. The molecule has 0 radical (unpaired) electrons. The van der Waals surface area contributed by atoms with Gasteiger partial charge in [-0.25, -0.2) is 4.39 Å². The molecule has 0 amide bonds. The molecule has 0 fully saturated rings. The van der Waals surface area contributed by atoms with Gasteiger partial charge in [-0.15, -0.1) is 0 Å². The Labute approximate surface area is 121 Å². The third-order valence-electron chi connectivity index (χ3n) is 3.24. The quantitative estimate of drug-likeness (QED) is 0.782. The molecule has 1 aromatic heterocycles. The van der Waals surface area contributed by atoms with Crippen LogP contribution in [0.15, 0.2) is 54.7 Å². The van der Waals surface area contributed by atoms with Crippen molar-refractivity contribution in [2.45, 2.75) is 13.0 Å². The van der Waals surface area contributed by atoms with Crippen molar-refractivity contribution in [1.29, 1.82) is 0 Å². The van der Waals surface area contributed by atoms with Crippen LogP contribution < -0.4 is 4.74 Å². The minimum Gasteiger partial charge on any atom is -0.454 e. The number of benzene rings is 2. The van der Waals surface area contributed by atoms with Gasteiger partial charge >= 0.3 is 0 Å². The van der Waals surface area contributed by atoms with E-state index < -0.39 is 11.9 Å². The second-order valence-corrected chi connectivity index (χ2v) is 4.83. The molecular formula is C17H14FNO2. The smallest absolute Gasteiger partial charge is 0.166 e. The molecule has 3 rings (SSSR count). The predicted octanol–water partition coefficient (Wildman–Crippen LogP) is 4.22. The van der Waals surface area contributed by atoms with E-state index in [0.717, 1.165) is 10.9 Å². The number of pyridine rings is 1. The molecule has 1 N–H and O–H groups in total. The van der Waals surface area contributed by atoms with E-state index in [4.69, 9.17) is 4.74 Å². The largest absolute Gasteiger partial charge is 0.454 e. The molecule has 4 heteroatoms. The highest BCUT2D eigenvalue weighted by Crippen LogP contribution is 2.28. The standard InChI is InChI=1S/C17H14FNO2/c1-11(20)13-5-7-17(15(18)9-13)21-14-6-4-12-3-2-8-19-16(12)10-14/h2-11,20H,1H3. The molecule has 1 atom stereocenters. The summed E-state index contributed by atoms with van der Waals surface area (Å²) in [6, 6.07) is 13.6. The van der Waals surface area contributed by atoms with Crippen molar-refractivity contribution >= 4 is 10.9 Å². The first-order valence-corrected chi connectivity index (χ1v) is 6.63. The number of halogens is 1. The van der Waals surface area contributed by atoms with Crippen molar-refractivity contribution in [3.63, 3.8) is 0 Å². The molecule has 106 valence electrons. The second-order valence-electron chi connectivity index (χ2n) is 4.83. The Morgan fingerprint density at radius 1 is 1.14 bits per heavy atom. The van der Waals surface area contributed by atoms with E-state index in [1.54, 1.807) is 31.3 Å². The van der Waals surface area contributed by atoms with Gasteiger partial charge in [-0.1, -0.05) is 12.1 Å². The Balaban J connectivity index is 1.91. The van der Waals surface area contributed by atoms with Gasteiger partial charge in [-0.05, 0) is 42.8 Å². The fraction of sp³-hybridized carbons (Fsp3) is 0.118. The SMILES string of the molecule is CC(O)c1ccc(Oc2ccc3cccnc3c2)c(F)c1. The normalized spacial score (nSPS) is 12.3. The van der Waals surface area contributed by atoms with Gasteiger partial charge in [-0.3, -0.25) is 4.98 Å². The number of rotatable bonds is 3. The van der Waals surface area contributed by atoms with E-state index in [-0.39, 0.29) is 5.75 Å². The Bertz CT molecular complexity index is 787. The molecule has 0 saturated carbocycles. The number of ether oxygens (including phenoxy) is 1. The maximum atomic E-state index is 14.0. The van der Waals surface area contributed by atoms with E-state index in [2.05, 4.69) is 4.98 Å². The van der Waals surface area contributed by atoms with Crippen LogP contribution in [0, 0.1) is 5.82 Å². The molecule has 1 heterocycles. The summed E-state index contributed by atoms with van der Waals surface area (Å²) in [4.78, 5) is 4.24. The van der Waals surface area contributed by atoms with Crippen molar-refractivity contribution in [2.75, 3.05) is 0 Å². The van der Waals surface area contributed by atoms with Crippen LogP contribution in [-0.4, -0.2) is 10.1 Å².